The molecule has 2 atom stereocenters. The second-order valence-electron chi connectivity index (χ2n) is 22.1. The van der Waals surface area contributed by atoms with Crippen molar-refractivity contribution in [1.82, 2.24) is 0 Å². The molecule has 9 nitrogen and oxygen atoms in total. The predicted octanol–water partition coefficient (Wildman–Crippen LogP) is 19.5. The van der Waals surface area contributed by atoms with E-state index in [-0.39, 0.29) is 32.0 Å². The van der Waals surface area contributed by atoms with Crippen LogP contribution in [-0.2, 0) is 32.7 Å². The van der Waals surface area contributed by atoms with E-state index in [2.05, 4.69) is 74.6 Å². The van der Waals surface area contributed by atoms with Gasteiger partial charge in [-0.3, -0.25) is 18.6 Å². The molecule has 0 rings (SSSR count). The summed E-state index contributed by atoms with van der Waals surface area (Å²) in [5, 5.41) is 0. The molecule has 0 saturated carbocycles. The van der Waals surface area contributed by atoms with Gasteiger partial charge in [-0.05, 0) is 77.0 Å². The molecule has 1 N–H and O–H groups in total. The number of hydrogen-bond donors (Lipinski definition) is 1. The first-order chi connectivity index (χ1) is 36.0. The molecule has 0 heterocycles. The molecule has 0 aromatic heterocycles. The van der Waals surface area contributed by atoms with E-state index >= 15 is 0 Å². The summed E-state index contributed by atoms with van der Waals surface area (Å²) in [5.41, 5.74) is 0. The number of likely N-dealkylation sites (N-methyl/N-ethyl adjacent to an activating group) is 1. The second kappa shape index (κ2) is 55.5. The Morgan fingerprint density at radius 3 is 1.15 bits per heavy atom. The van der Waals surface area contributed by atoms with Crippen LogP contribution >= 0.6 is 7.82 Å². The molecule has 10 heteroatoms. The number of ether oxygens (including phenoxy) is 2. The van der Waals surface area contributed by atoms with E-state index in [1.807, 2.05) is 21.1 Å². The molecular formula is C64H119NO8P+. The Kier molecular flexibility index (Phi) is 53.7. The maximum atomic E-state index is 12.8. The first-order valence-electron chi connectivity index (χ1n) is 31.0. The standard InChI is InChI=1S/C64H118NO8P/c1-6-8-10-12-14-16-18-20-22-23-24-25-26-27-28-29-30-31-32-33-34-35-36-37-38-39-40-41-43-44-46-48-50-52-54-56-63(66)70-60-62(61-72-74(68,69)71-59-58-65(3,4)5)73-64(67)57-55-53-51-49-47-45-42-21-19-17-15-13-11-9-7-2/h9,11,15,17-18,20-21,23-24,42,62H,6-8,10,12-14,16,19,22,25-41,43-61H2,1-5H3/p+1/b11-9-,17-15-,20-18-,24-23-,42-21-. The summed E-state index contributed by atoms with van der Waals surface area (Å²) in [6.07, 6.45) is 71.8. The van der Waals surface area contributed by atoms with Crippen molar-refractivity contribution in [2.45, 2.75) is 290 Å². The smallest absolute Gasteiger partial charge is 0.462 e. The van der Waals surface area contributed by atoms with Gasteiger partial charge < -0.3 is 18.9 Å². The van der Waals surface area contributed by atoms with Crippen molar-refractivity contribution >= 4 is 19.8 Å². The van der Waals surface area contributed by atoms with Crippen LogP contribution < -0.4 is 0 Å². The monoisotopic (exact) mass is 1060 g/mol. The molecule has 0 fully saturated rings. The molecule has 0 aliphatic heterocycles. The lowest BCUT2D eigenvalue weighted by atomic mass is 10.0. The van der Waals surface area contributed by atoms with Gasteiger partial charge in [0.25, 0.3) is 0 Å². The minimum Gasteiger partial charge on any atom is -0.462 e. The Labute approximate surface area is 457 Å². The van der Waals surface area contributed by atoms with Crippen LogP contribution in [0.1, 0.15) is 284 Å². The highest BCUT2D eigenvalue weighted by Crippen LogP contribution is 2.43. The van der Waals surface area contributed by atoms with Gasteiger partial charge in [-0.25, -0.2) is 4.57 Å². The maximum absolute atomic E-state index is 12.8. The number of phosphoric ester groups is 1. The molecule has 0 aromatic rings. The van der Waals surface area contributed by atoms with E-state index in [0.29, 0.717) is 17.4 Å². The van der Waals surface area contributed by atoms with Gasteiger partial charge in [-0.15, -0.1) is 0 Å². The molecule has 0 radical (unpaired) electrons. The number of esters is 2. The molecule has 0 amide bonds. The lowest BCUT2D eigenvalue weighted by Crippen LogP contribution is -2.37. The fourth-order valence-electron chi connectivity index (χ4n) is 8.77. The van der Waals surface area contributed by atoms with E-state index in [9.17, 15) is 19.0 Å². The summed E-state index contributed by atoms with van der Waals surface area (Å²) in [7, 11) is 1.47. The molecule has 432 valence electrons. The molecule has 74 heavy (non-hydrogen) atoms. The lowest BCUT2D eigenvalue weighted by molar-refractivity contribution is -0.870. The van der Waals surface area contributed by atoms with Crippen LogP contribution in [0, 0.1) is 0 Å². The number of quaternary nitrogens is 1. The molecule has 0 saturated heterocycles. The molecule has 0 aliphatic rings. The zero-order chi connectivity index (χ0) is 54.2. The molecule has 0 aromatic carbocycles. The number of carbonyl (C=O) groups excluding carboxylic acids is 2. The van der Waals surface area contributed by atoms with Crippen molar-refractivity contribution < 1.29 is 42.1 Å². The average molecular weight is 1060 g/mol. The molecular weight excluding hydrogens is 942 g/mol. The Balaban J connectivity index is 3.95. The van der Waals surface area contributed by atoms with Gasteiger partial charge in [0.05, 0.1) is 27.7 Å². The molecule has 0 bridgehead atoms. The third kappa shape index (κ3) is 59.0. The van der Waals surface area contributed by atoms with E-state index in [1.165, 1.54) is 173 Å². The first-order valence-corrected chi connectivity index (χ1v) is 32.5. The normalized spacial score (nSPS) is 13.6. The van der Waals surface area contributed by atoms with E-state index in [0.717, 1.165) is 77.0 Å². The summed E-state index contributed by atoms with van der Waals surface area (Å²) >= 11 is 0. The van der Waals surface area contributed by atoms with Crippen LogP contribution in [0.5, 0.6) is 0 Å². The van der Waals surface area contributed by atoms with Gasteiger partial charge in [0.15, 0.2) is 6.10 Å². The Hall–Kier alpha value is -2.29. The van der Waals surface area contributed by atoms with Crippen LogP contribution in [0.15, 0.2) is 60.8 Å². The Bertz CT molecular complexity index is 1430. The second-order valence-corrected chi connectivity index (χ2v) is 23.5. The average Bonchev–Trinajstić information content (AvgIpc) is 3.36. The zero-order valence-corrected chi connectivity index (χ0v) is 50.0. The number of nitrogens with zero attached hydrogens (tertiary/aromatic N) is 1. The highest BCUT2D eigenvalue weighted by molar-refractivity contribution is 7.47. The van der Waals surface area contributed by atoms with Gasteiger partial charge in [-0.1, -0.05) is 254 Å². The largest absolute Gasteiger partial charge is 0.472 e. The van der Waals surface area contributed by atoms with Crippen LogP contribution in [0.3, 0.4) is 0 Å². The van der Waals surface area contributed by atoms with Gasteiger partial charge >= 0.3 is 19.8 Å². The van der Waals surface area contributed by atoms with Crippen molar-refractivity contribution in [2.75, 3.05) is 47.5 Å². The summed E-state index contributed by atoms with van der Waals surface area (Å²) in [6.45, 7) is 4.31. The number of rotatable bonds is 57. The van der Waals surface area contributed by atoms with Gasteiger partial charge in [0.2, 0.25) is 0 Å². The molecule has 2 unspecified atom stereocenters. The maximum Gasteiger partial charge on any atom is 0.472 e. The van der Waals surface area contributed by atoms with Crippen LogP contribution in [0.4, 0.5) is 0 Å². The van der Waals surface area contributed by atoms with Crippen LogP contribution in [0.25, 0.3) is 0 Å². The summed E-state index contributed by atoms with van der Waals surface area (Å²) in [4.78, 5) is 35.6. The number of unbranched alkanes of at least 4 members (excludes halogenated alkanes) is 33. The zero-order valence-electron chi connectivity index (χ0n) is 49.1. The first kappa shape index (κ1) is 71.7. The highest BCUT2D eigenvalue weighted by Gasteiger charge is 2.27. The lowest BCUT2D eigenvalue weighted by Gasteiger charge is -2.24. The van der Waals surface area contributed by atoms with Gasteiger partial charge in [-0.2, -0.15) is 0 Å². The van der Waals surface area contributed by atoms with Crippen molar-refractivity contribution in [1.29, 1.82) is 0 Å². The van der Waals surface area contributed by atoms with Crippen LogP contribution in [0.2, 0.25) is 0 Å². The summed E-state index contributed by atoms with van der Waals surface area (Å²) in [5.74, 6) is -0.809. The van der Waals surface area contributed by atoms with Crippen molar-refractivity contribution in [2.24, 2.45) is 0 Å². The van der Waals surface area contributed by atoms with Gasteiger partial charge in [0, 0.05) is 12.8 Å². The van der Waals surface area contributed by atoms with E-state index < -0.39 is 26.5 Å². The molecule has 0 spiro atoms. The van der Waals surface area contributed by atoms with Crippen molar-refractivity contribution in [3.05, 3.63) is 60.8 Å². The fraction of sp³-hybridized carbons (Fsp3) is 0.812. The SMILES string of the molecule is CC/C=C\C/C=C\C/C=C\CCCCCCCC(=O)OC(COC(=O)CCCCCCCCCCCCCCCCCCCCCCCCC/C=C\C/C=C\CCCCCCC)COP(=O)(O)OCC[N+](C)(C)C. The van der Waals surface area contributed by atoms with Gasteiger partial charge in [0.1, 0.15) is 19.8 Å². The highest BCUT2D eigenvalue weighted by atomic mass is 31.2. The Morgan fingerprint density at radius 1 is 0.432 bits per heavy atom. The quantitative estimate of drug-likeness (QED) is 0.0211. The Morgan fingerprint density at radius 2 is 0.770 bits per heavy atom. The third-order valence-electron chi connectivity index (χ3n) is 13.5. The number of carbonyl (C=O) groups is 2. The number of phosphoric acid groups is 1. The number of hydrogen-bond acceptors (Lipinski definition) is 7. The minimum atomic E-state index is -4.39. The van der Waals surface area contributed by atoms with Crippen LogP contribution in [-0.4, -0.2) is 74.9 Å². The predicted molar refractivity (Wildman–Crippen MR) is 316 cm³/mol. The van der Waals surface area contributed by atoms with Crippen molar-refractivity contribution in [3.63, 3.8) is 0 Å². The minimum absolute atomic E-state index is 0.0276. The topological polar surface area (TPSA) is 108 Å². The third-order valence-corrected chi connectivity index (χ3v) is 14.5. The van der Waals surface area contributed by atoms with E-state index in [1.54, 1.807) is 0 Å². The fourth-order valence-corrected chi connectivity index (χ4v) is 9.51. The van der Waals surface area contributed by atoms with E-state index in [4.69, 9.17) is 18.5 Å². The summed E-state index contributed by atoms with van der Waals surface area (Å²) in [6, 6.07) is 0. The number of allylic oxidation sites excluding steroid dienone is 10. The molecule has 0 aliphatic carbocycles. The van der Waals surface area contributed by atoms with Crippen molar-refractivity contribution in [3.8, 4) is 0 Å². The summed E-state index contributed by atoms with van der Waals surface area (Å²) < 4.78 is 34.5.